The Morgan fingerprint density at radius 2 is 1.58 bits per heavy atom. The standard InChI is InChI=1S/C26H30FN7O2/c27-22-10-4-2-9-21(22)19-36-23-11-5-3-8-20(23)18-28-32-24-29-25(33-12-6-1-7-13-33)31-26(30-24)34-14-16-35-17-15-34/h2-5,8-11,18H,1,6-7,12-17,19H2,(H,29,30,31,32). The lowest BCUT2D eigenvalue weighted by molar-refractivity contribution is 0.122. The Labute approximate surface area is 210 Å². The van der Waals surface area contributed by atoms with Gasteiger partial charge in [-0.15, -0.1) is 0 Å². The largest absolute Gasteiger partial charge is 0.488 e. The van der Waals surface area contributed by atoms with Crippen molar-refractivity contribution < 1.29 is 13.9 Å². The first-order valence-corrected chi connectivity index (χ1v) is 12.3. The maximum atomic E-state index is 14.0. The van der Waals surface area contributed by atoms with Crippen molar-refractivity contribution >= 4 is 24.1 Å². The van der Waals surface area contributed by atoms with E-state index in [1.807, 2.05) is 24.3 Å². The van der Waals surface area contributed by atoms with Crippen LogP contribution in [-0.2, 0) is 11.3 Å². The molecule has 0 bridgehead atoms. The van der Waals surface area contributed by atoms with Gasteiger partial charge in [-0.3, -0.25) is 0 Å². The van der Waals surface area contributed by atoms with Crippen LogP contribution in [0.15, 0.2) is 53.6 Å². The zero-order chi connectivity index (χ0) is 24.6. The predicted molar refractivity (Wildman–Crippen MR) is 137 cm³/mol. The highest BCUT2D eigenvalue weighted by molar-refractivity contribution is 5.83. The minimum absolute atomic E-state index is 0.126. The summed E-state index contributed by atoms with van der Waals surface area (Å²) in [5, 5.41) is 4.37. The summed E-state index contributed by atoms with van der Waals surface area (Å²) >= 11 is 0. The summed E-state index contributed by atoms with van der Waals surface area (Å²) < 4.78 is 25.3. The smallest absolute Gasteiger partial charge is 0.250 e. The van der Waals surface area contributed by atoms with Crippen molar-refractivity contribution in [1.82, 2.24) is 15.0 Å². The molecule has 3 aromatic rings. The molecule has 9 nitrogen and oxygen atoms in total. The highest BCUT2D eigenvalue weighted by Gasteiger charge is 2.20. The third-order valence-corrected chi connectivity index (χ3v) is 6.17. The topological polar surface area (TPSA) is 88.0 Å². The van der Waals surface area contributed by atoms with Gasteiger partial charge in [-0.1, -0.05) is 30.3 Å². The SMILES string of the molecule is Fc1ccccc1COc1ccccc1C=NNc1nc(N2CCCCC2)nc(N2CCOCC2)n1. The van der Waals surface area contributed by atoms with Crippen molar-refractivity contribution in [2.75, 3.05) is 54.6 Å². The van der Waals surface area contributed by atoms with E-state index in [0.717, 1.165) is 44.6 Å². The van der Waals surface area contributed by atoms with E-state index in [1.54, 1.807) is 24.4 Å². The number of morpholine rings is 1. The van der Waals surface area contributed by atoms with Crippen molar-refractivity contribution in [3.05, 3.63) is 65.5 Å². The second-order valence-electron chi connectivity index (χ2n) is 8.69. The Balaban J connectivity index is 1.32. The van der Waals surface area contributed by atoms with Gasteiger partial charge in [0, 0.05) is 37.3 Å². The van der Waals surface area contributed by atoms with E-state index in [0.29, 0.717) is 42.4 Å². The number of nitrogens with one attached hydrogen (secondary N) is 1. The van der Waals surface area contributed by atoms with Crippen LogP contribution in [0.5, 0.6) is 5.75 Å². The molecule has 0 amide bonds. The maximum absolute atomic E-state index is 14.0. The van der Waals surface area contributed by atoms with Gasteiger partial charge in [0.15, 0.2) is 0 Å². The van der Waals surface area contributed by atoms with Gasteiger partial charge in [-0.25, -0.2) is 9.82 Å². The Morgan fingerprint density at radius 3 is 2.36 bits per heavy atom. The molecule has 36 heavy (non-hydrogen) atoms. The molecule has 2 fully saturated rings. The van der Waals surface area contributed by atoms with Gasteiger partial charge in [0.05, 0.1) is 19.4 Å². The van der Waals surface area contributed by atoms with E-state index in [9.17, 15) is 4.39 Å². The molecular weight excluding hydrogens is 461 g/mol. The van der Waals surface area contributed by atoms with Gasteiger partial charge in [0.2, 0.25) is 17.8 Å². The third kappa shape index (κ3) is 6.06. The van der Waals surface area contributed by atoms with Gasteiger partial charge in [-0.05, 0) is 37.5 Å². The number of hydrogen-bond acceptors (Lipinski definition) is 9. The molecule has 2 aromatic carbocycles. The second-order valence-corrected chi connectivity index (χ2v) is 8.69. The summed E-state index contributed by atoms with van der Waals surface area (Å²) in [5.41, 5.74) is 4.21. The lowest BCUT2D eigenvalue weighted by Gasteiger charge is -2.30. The number of ether oxygens (including phenoxy) is 2. The van der Waals surface area contributed by atoms with Crippen LogP contribution in [0, 0.1) is 5.82 Å². The quantitative estimate of drug-likeness (QED) is 0.375. The number of hydrogen-bond donors (Lipinski definition) is 1. The van der Waals surface area contributed by atoms with E-state index in [-0.39, 0.29) is 12.4 Å². The normalized spacial score (nSPS) is 16.4. The van der Waals surface area contributed by atoms with Crippen LogP contribution in [0.3, 0.4) is 0 Å². The average Bonchev–Trinajstić information content (AvgIpc) is 2.94. The number of piperidine rings is 1. The van der Waals surface area contributed by atoms with Crippen molar-refractivity contribution in [2.24, 2.45) is 5.10 Å². The lowest BCUT2D eigenvalue weighted by Crippen LogP contribution is -2.38. The van der Waals surface area contributed by atoms with E-state index < -0.39 is 0 Å². The van der Waals surface area contributed by atoms with E-state index in [1.165, 1.54) is 12.5 Å². The fourth-order valence-electron chi connectivity index (χ4n) is 4.19. The summed E-state index contributed by atoms with van der Waals surface area (Å²) in [4.78, 5) is 18.3. The highest BCUT2D eigenvalue weighted by atomic mass is 19.1. The molecule has 2 aliphatic heterocycles. The number of hydrazone groups is 1. The van der Waals surface area contributed by atoms with E-state index in [2.05, 4.69) is 30.3 Å². The molecule has 0 aliphatic carbocycles. The minimum Gasteiger partial charge on any atom is -0.488 e. The molecule has 0 radical (unpaired) electrons. The van der Waals surface area contributed by atoms with Gasteiger partial charge < -0.3 is 19.3 Å². The molecule has 188 valence electrons. The van der Waals surface area contributed by atoms with Crippen LogP contribution in [0.25, 0.3) is 0 Å². The molecule has 0 atom stereocenters. The fourth-order valence-corrected chi connectivity index (χ4v) is 4.19. The third-order valence-electron chi connectivity index (χ3n) is 6.17. The predicted octanol–water partition coefficient (Wildman–Crippen LogP) is 3.86. The Kier molecular flexibility index (Phi) is 7.82. The summed E-state index contributed by atoms with van der Waals surface area (Å²) in [6, 6.07) is 14.1. The van der Waals surface area contributed by atoms with Crippen LogP contribution in [0.4, 0.5) is 22.2 Å². The zero-order valence-corrected chi connectivity index (χ0v) is 20.1. The molecule has 2 saturated heterocycles. The molecule has 0 unspecified atom stereocenters. The van der Waals surface area contributed by atoms with Gasteiger partial charge in [0.25, 0.3) is 0 Å². The Morgan fingerprint density at radius 1 is 0.889 bits per heavy atom. The van der Waals surface area contributed by atoms with Crippen molar-refractivity contribution in [1.29, 1.82) is 0 Å². The highest BCUT2D eigenvalue weighted by Crippen LogP contribution is 2.22. The van der Waals surface area contributed by atoms with Crippen molar-refractivity contribution in [2.45, 2.75) is 25.9 Å². The van der Waals surface area contributed by atoms with E-state index >= 15 is 0 Å². The lowest BCUT2D eigenvalue weighted by atomic mass is 10.1. The average molecular weight is 492 g/mol. The van der Waals surface area contributed by atoms with E-state index in [4.69, 9.17) is 14.5 Å². The molecule has 0 saturated carbocycles. The summed E-state index contributed by atoms with van der Waals surface area (Å²) in [6.45, 7) is 4.76. The zero-order valence-electron chi connectivity index (χ0n) is 20.1. The fraction of sp³-hybridized carbons (Fsp3) is 0.385. The molecular formula is C26H30FN7O2. The van der Waals surface area contributed by atoms with Crippen LogP contribution in [0.2, 0.25) is 0 Å². The Bertz CT molecular complexity index is 1140. The molecule has 10 heteroatoms. The number of aromatic nitrogens is 3. The summed E-state index contributed by atoms with van der Waals surface area (Å²) in [5.74, 6) is 1.98. The number of anilines is 3. The van der Waals surface area contributed by atoms with Gasteiger partial charge in [0.1, 0.15) is 18.2 Å². The monoisotopic (exact) mass is 491 g/mol. The number of halogens is 1. The number of nitrogens with zero attached hydrogens (tertiary/aromatic N) is 6. The molecule has 0 spiro atoms. The first kappa shape index (κ1) is 23.9. The molecule has 1 aromatic heterocycles. The molecule has 1 N–H and O–H groups in total. The van der Waals surface area contributed by atoms with Gasteiger partial charge >= 0.3 is 0 Å². The van der Waals surface area contributed by atoms with Crippen molar-refractivity contribution in [3.8, 4) is 5.75 Å². The number of para-hydroxylation sites is 1. The molecule has 2 aliphatic rings. The van der Waals surface area contributed by atoms with Crippen LogP contribution >= 0.6 is 0 Å². The van der Waals surface area contributed by atoms with Crippen LogP contribution < -0.4 is 20.0 Å². The van der Waals surface area contributed by atoms with Crippen molar-refractivity contribution in [3.63, 3.8) is 0 Å². The Hall–Kier alpha value is -3.79. The summed E-state index contributed by atoms with van der Waals surface area (Å²) in [6.07, 6.45) is 5.13. The first-order valence-electron chi connectivity index (χ1n) is 12.3. The van der Waals surface area contributed by atoms with Crippen LogP contribution in [-0.4, -0.2) is 60.6 Å². The molecule has 3 heterocycles. The van der Waals surface area contributed by atoms with Crippen LogP contribution in [0.1, 0.15) is 30.4 Å². The summed E-state index contributed by atoms with van der Waals surface area (Å²) in [7, 11) is 0. The number of benzene rings is 2. The first-order chi connectivity index (χ1) is 17.8. The minimum atomic E-state index is -0.291. The number of rotatable bonds is 8. The second kappa shape index (κ2) is 11.8. The molecule has 5 rings (SSSR count). The maximum Gasteiger partial charge on any atom is 0.250 e. The van der Waals surface area contributed by atoms with Gasteiger partial charge in [-0.2, -0.15) is 20.1 Å².